The number of pyridine rings is 1. The smallest absolute Gasteiger partial charge is 0.381 e. The SMILES string of the molecule is C=C(NCc1cccc(C(F)(F)F)c1)c1cccc2c1cnn2-c1ccccn1. The lowest BCUT2D eigenvalue weighted by molar-refractivity contribution is -0.137. The van der Waals surface area contributed by atoms with E-state index < -0.39 is 11.7 Å². The van der Waals surface area contributed by atoms with Crippen LogP contribution in [0.3, 0.4) is 0 Å². The van der Waals surface area contributed by atoms with Gasteiger partial charge < -0.3 is 5.32 Å². The summed E-state index contributed by atoms with van der Waals surface area (Å²) in [4.78, 5) is 4.32. The fourth-order valence-corrected chi connectivity index (χ4v) is 3.14. The molecule has 1 N–H and O–H groups in total. The number of halogens is 3. The predicted molar refractivity (Wildman–Crippen MR) is 106 cm³/mol. The summed E-state index contributed by atoms with van der Waals surface area (Å²) in [6.45, 7) is 4.29. The van der Waals surface area contributed by atoms with E-state index in [2.05, 4.69) is 22.0 Å². The molecule has 146 valence electrons. The van der Waals surface area contributed by atoms with Gasteiger partial charge >= 0.3 is 6.18 Å². The van der Waals surface area contributed by atoms with Crippen molar-refractivity contribution in [3.8, 4) is 5.82 Å². The molecule has 7 heteroatoms. The van der Waals surface area contributed by atoms with Crippen molar-refractivity contribution >= 4 is 16.6 Å². The van der Waals surface area contributed by atoms with Crippen molar-refractivity contribution in [1.82, 2.24) is 20.1 Å². The van der Waals surface area contributed by atoms with E-state index >= 15 is 0 Å². The molecule has 2 heterocycles. The maximum Gasteiger partial charge on any atom is 0.416 e. The third-order valence-corrected chi connectivity index (χ3v) is 4.57. The van der Waals surface area contributed by atoms with Gasteiger partial charge in [-0.15, -0.1) is 0 Å². The van der Waals surface area contributed by atoms with Gasteiger partial charge in [0.05, 0.1) is 17.3 Å². The average molecular weight is 394 g/mol. The van der Waals surface area contributed by atoms with Crippen LogP contribution in [0, 0.1) is 0 Å². The molecule has 0 unspecified atom stereocenters. The second-order valence-electron chi connectivity index (χ2n) is 6.51. The number of nitrogens with one attached hydrogen (secondary N) is 1. The van der Waals surface area contributed by atoms with E-state index in [9.17, 15) is 13.2 Å². The first-order valence-electron chi connectivity index (χ1n) is 8.91. The van der Waals surface area contributed by atoms with Gasteiger partial charge in [-0.25, -0.2) is 9.67 Å². The number of benzene rings is 2. The first kappa shape index (κ1) is 18.7. The summed E-state index contributed by atoms with van der Waals surface area (Å²) < 4.78 is 40.4. The van der Waals surface area contributed by atoms with E-state index in [0.29, 0.717) is 17.1 Å². The van der Waals surface area contributed by atoms with Crippen LogP contribution in [0.5, 0.6) is 0 Å². The summed E-state index contributed by atoms with van der Waals surface area (Å²) in [5, 5.41) is 8.42. The van der Waals surface area contributed by atoms with Crippen LogP contribution < -0.4 is 5.32 Å². The van der Waals surface area contributed by atoms with Gasteiger partial charge in [-0.3, -0.25) is 0 Å². The van der Waals surface area contributed by atoms with E-state index in [1.165, 1.54) is 6.07 Å². The van der Waals surface area contributed by atoms with Gasteiger partial charge in [-0.1, -0.05) is 36.9 Å². The molecule has 4 nitrogen and oxygen atoms in total. The van der Waals surface area contributed by atoms with Crippen molar-refractivity contribution in [3.05, 3.63) is 96.3 Å². The third kappa shape index (κ3) is 3.85. The highest BCUT2D eigenvalue weighted by molar-refractivity contribution is 5.91. The molecule has 0 saturated carbocycles. The molecule has 0 amide bonds. The van der Waals surface area contributed by atoms with Gasteiger partial charge in [-0.05, 0) is 35.9 Å². The minimum absolute atomic E-state index is 0.230. The van der Waals surface area contributed by atoms with Crippen molar-refractivity contribution in [2.75, 3.05) is 0 Å². The molecular formula is C22H17F3N4. The van der Waals surface area contributed by atoms with Crippen molar-refractivity contribution in [2.24, 2.45) is 0 Å². The van der Waals surface area contributed by atoms with Crippen molar-refractivity contribution in [2.45, 2.75) is 12.7 Å². The fraction of sp³-hybridized carbons (Fsp3) is 0.0909. The lowest BCUT2D eigenvalue weighted by atomic mass is 10.1. The zero-order valence-corrected chi connectivity index (χ0v) is 15.3. The first-order chi connectivity index (χ1) is 13.9. The number of fused-ring (bicyclic) bond motifs is 1. The Morgan fingerprint density at radius 1 is 1.03 bits per heavy atom. The molecule has 4 rings (SSSR count). The molecule has 0 atom stereocenters. The van der Waals surface area contributed by atoms with Crippen LogP contribution in [0.15, 0.2) is 79.6 Å². The Hall–Kier alpha value is -3.61. The lowest BCUT2D eigenvalue weighted by Crippen LogP contribution is -2.12. The Labute approximate surface area is 165 Å². The minimum Gasteiger partial charge on any atom is -0.381 e. The Morgan fingerprint density at radius 3 is 2.62 bits per heavy atom. The lowest BCUT2D eigenvalue weighted by Gasteiger charge is -2.13. The first-order valence-corrected chi connectivity index (χ1v) is 8.91. The van der Waals surface area contributed by atoms with E-state index in [1.807, 2.05) is 36.4 Å². The fourth-order valence-electron chi connectivity index (χ4n) is 3.14. The Balaban J connectivity index is 1.58. The van der Waals surface area contributed by atoms with Crippen LogP contribution in [0.4, 0.5) is 13.2 Å². The second kappa shape index (κ2) is 7.43. The maximum absolute atomic E-state index is 12.9. The molecule has 2 aromatic carbocycles. The van der Waals surface area contributed by atoms with Crippen LogP contribution in [0.2, 0.25) is 0 Å². The van der Waals surface area contributed by atoms with Gasteiger partial charge in [0.1, 0.15) is 0 Å². The summed E-state index contributed by atoms with van der Waals surface area (Å²) in [7, 11) is 0. The molecule has 4 aromatic rings. The molecule has 0 aliphatic carbocycles. The van der Waals surface area contributed by atoms with Crippen LogP contribution in [-0.4, -0.2) is 14.8 Å². The van der Waals surface area contributed by atoms with Crippen LogP contribution in [-0.2, 0) is 12.7 Å². The summed E-state index contributed by atoms with van der Waals surface area (Å²) in [5.74, 6) is 0.696. The van der Waals surface area contributed by atoms with Gasteiger partial charge in [-0.2, -0.15) is 18.3 Å². The molecule has 0 bridgehead atoms. The topological polar surface area (TPSA) is 42.7 Å². The highest BCUT2D eigenvalue weighted by atomic mass is 19.4. The monoisotopic (exact) mass is 394 g/mol. The van der Waals surface area contributed by atoms with Crippen LogP contribution >= 0.6 is 0 Å². The molecule has 0 radical (unpaired) electrons. The van der Waals surface area contributed by atoms with Crippen LogP contribution in [0.1, 0.15) is 16.7 Å². The quantitative estimate of drug-likeness (QED) is 0.506. The average Bonchev–Trinajstić information content (AvgIpc) is 3.16. The summed E-state index contributed by atoms with van der Waals surface area (Å²) in [5.41, 5.74) is 2.16. The molecule has 0 saturated heterocycles. The van der Waals surface area contributed by atoms with Crippen molar-refractivity contribution < 1.29 is 13.2 Å². The molecule has 0 aliphatic rings. The molecule has 0 fully saturated rings. The number of hydrogen-bond donors (Lipinski definition) is 1. The van der Waals surface area contributed by atoms with Gasteiger partial charge in [0, 0.05) is 29.4 Å². The van der Waals surface area contributed by atoms with Gasteiger partial charge in [0.25, 0.3) is 0 Å². The number of alkyl halides is 3. The molecule has 29 heavy (non-hydrogen) atoms. The summed E-state index contributed by atoms with van der Waals surface area (Å²) in [6, 6.07) is 16.5. The maximum atomic E-state index is 12.9. The summed E-state index contributed by atoms with van der Waals surface area (Å²) >= 11 is 0. The Bertz CT molecular complexity index is 1160. The molecule has 2 aromatic heterocycles. The number of nitrogens with zero attached hydrogens (tertiary/aromatic N) is 3. The van der Waals surface area contributed by atoms with E-state index in [-0.39, 0.29) is 6.54 Å². The molecule has 0 aliphatic heterocycles. The Kier molecular flexibility index (Phi) is 4.80. The largest absolute Gasteiger partial charge is 0.416 e. The normalized spacial score (nSPS) is 11.6. The minimum atomic E-state index is -4.36. The second-order valence-corrected chi connectivity index (χ2v) is 6.51. The molecular weight excluding hydrogens is 377 g/mol. The van der Waals surface area contributed by atoms with E-state index in [4.69, 9.17) is 0 Å². The van der Waals surface area contributed by atoms with Gasteiger partial charge in [0.2, 0.25) is 0 Å². The highest BCUT2D eigenvalue weighted by Gasteiger charge is 2.30. The number of aromatic nitrogens is 3. The molecule has 0 spiro atoms. The standard InChI is InChI=1S/C22H17F3N4/c1-15(27-13-16-6-4-7-17(12-16)22(23,24)25)18-8-5-9-20-19(18)14-28-29(20)21-10-2-3-11-26-21/h2-12,14,27H,1,13H2. The zero-order chi connectivity index (χ0) is 20.4. The van der Waals surface area contributed by atoms with Crippen molar-refractivity contribution in [1.29, 1.82) is 0 Å². The van der Waals surface area contributed by atoms with Gasteiger partial charge in [0.15, 0.2) is 5.82 Å². The van der Waals surface area contributed by atoms with E-state index in [0.717, 1.165) is 28.6 Å². The zero-order valence-electron chi connectivity index (χ0n) is 15.3. The van der Waals surface area contributed by atoms with Crippen molar-refractivity contribution in [3.63, 3.8) is 0 Å². The number of hydrogen-bond acceptors (Lipinski definition) is 3. The predicted octanol–water partition coefficient (Wildman–Crippen LogP) is 5.20. The van der Waals surface area contributed by atoms with Crippen LogP contribution in [0.25, 0.3) is 22.4 Å². The Morgan fingerprint density at radius 2 is 1.86 bits per heavy atom. The summed E-state index contributed by atoms with van der Waals surface area (Å²) in [6.07, 6.45) is -0.933. The third-order valence-electron chi connectivity index (χ3n) is 4.57. The van der Waals surface area contributed by atoms with E-state index in [1.54, 1.807) is 23.1 Å². The number of rotatable bonds is 5. The highest BCUT2D eigenvalue weighted by Crippen LogP contribution is 2.30.